The molecule has 0 spiro atoms. The minimum atomic E-state index is -3.53. The van der Waals surface area contributed by atoms with Crippen molar-refractivity contribution in [2.45, 2.75) is 24.6 Å². The van der Waals surface area contributed by atoms with Crippen molar-refractivity contribution in [2.24, 2.45) is 0 Å². The number of hydrogen-bond acceptors (Lipinski definition) is 4. The average Bonchev–Trinajstić information content (AvgIpc) is 2.46. The molecule has 0 bridgehead atoms. The van der Waals surface area contributed by atoms with Gasteiger partial charge in [0, 0.05) is 0 Å². The predicted octanol–water partition coefficient (Wildman–Crippen LogP) is 3.22. The molecular formula is C17H16N2O2S. The van der Waals surface area contributed by atoms with Crippen molar-refractivity contribution < 1.29 is 8.42 Å². The summed E-state index contributed by atoms with van der Waals surface area (Å²) in [4.78, 5) is 8.67. The molecule has 0 saturated heterocycles. The van der Waals surface area contributed by atoms with Crippen LogP contribution in [0.4, 0.5) is 0 Å². The van der Waals surface area contributed by atoms with E-state index in [9.17, 15) is 8.42 Å². The maximum atomic E-state index is 12.7. The van der Waals surface area contributed by atoms with Gasteiger partial charge in [0.1, 0.15) is 0 Å². The molecule has 4 nitrogen and oxygen atoms in total. The first-order valence-electron chi connectivity index (χ1n) is 6.97. The van der Waals surface area contributed by atoms with Crippen LogP contribution in [-0.4, -0.2) is 18.4 Å². The van der Waals surface area contributed by atoms with Gasteiger partial charge in [0.05, 0.1) is 22.5 Å². The van der Waals surface area contributed by atoms with E-state index in [1.807, 2.05) is 49.4 Å². The van der Waals surface area contributed by atoms with Gasteiger partial charge in [-0.15, -0.1) is 0 Å². The highest BCUT2D eigenvalue weighted by molar-refractivity contribution is 7.90. The molecule has 1 heterocycles. The number of sulfone groups is 1. The van der Waals surface area contributed by atoms with Crippen LogP contribution in [0.5, 0.6) is 0 Å². The highest BCUT2D eigenvalue weighted by atomic mass is 32.2. The van der Waals surface area contributed by atoms with Crippen molar-refractivity contribution in [2.75, 3.05) is 0 Å². The van der Waals surface area contributed by atoms with E-state index >= 15 is 0 Å². The summed E-state index contributed by atoms with van der Waals surface area (Å²) in [5.41, 5.74) is 3.53. The number of hydrogen-bond donors (Lipinski definition) is 0. The van der Waals surface area contributed by atoms with Gasteiger partial charge >= 0.3 is 0 Å². The first-order chi connectivity index (χ1) is 10.5. The fourth-order valence-electron chi connectivity index (χ4n) is 2.46. The van der Waals surface area contributed by atoms with Crippen LogP contribution in [0.2, 0.25) is 0 Å². The second-order valence-corrected chi connectivity index (χ2v) is 7.26. The molecule has 22 heavy (non-hydrogen) atoms. The molecule has 0 aliphatic rings. The summed E-state index contributed by atoms with van der Waals surface area (Å²) in [5, 5.41) is 0.0627. The zero-order valence-corrected chi connectivity index (χ0v) is 13.3. The van der Waals surface area contributed by atoms with Crippen LogP contribution < -0.4 is 0 Å². The zero-order chi connectivity index (χ0) is 15.7. The lowest BCUT2D eigenvalue weighted by molar-refractivity contribution is 0.590. The summed E-state index contributed by atoms with van der Waals surface area (Å²) in [6.45, 7) is 3.62. The summed E-state index contributed by atoms with van der Waals surface area (Å²) >= 11 is 0. The van der Waals surface area contributed by atoms with E-state index in [-0.39, 0.29) is 10.8 Å². The number of rotatable bonds is 3. The van der Waals surface area contributed by atoms with Crippen molar-refractivity contribution in [3.63, 3.8) is 0 Å². The number of nitrogens with zero attached hydrogens (tertiary/aromatic N) is 2. The molecule has 0 fully saturated rings. The number of aryl methyl sites for hydroxylation is 2. The maximum Gasteiger partial charge on any atom is 0.201 e. The molecule has 3 rings (SSSR count). The molecule has 0 radical (unpaired) electrons. The van der Waals surface area contributed by atoms with E-state index in [1.54, 1.807) is 13.0 Å². The number of aromatic nitrogens is 2. The van der Waals surface area contributed by atoms with Crippen molar-refractivity contribution in [1.82, 2.24) is 9.97 Å². The Hall–Kier alpha value is -2.27. The maximum absolute atomic E-state index is 12.7. The van der Waals surface area contributed by atoms with E-state index in [2.05, 4.69) is 9.97 Å². The largest absolute Gasteiger partial charge is 0.248 e. The lowest BCUT2D eigenvalue weighted by Crippen LogP contribution is -2.10. The van der Waals surface area contributed by atoms with Gasteiger partial charge in [-0.2, -0.15) is 0 Å². The molecule has 112 valence electrons. The van der Waals surface area contributed by atoms with Gasteiger partial charge in [-0.3, -0.25) is 0 Å². The van der Waals surface area contributed by atoms with Crippen molar-refractivity contribution in [1.29, 1.82) is 0 Å². The Morgan fingerprint density at radius 2 is 1.59 bits per heavy atom. The van der Waals surface area contributed by atoms with Crippen LogP contribution in [0.1, 0.15) is 16.8 Å². The summed E-state index contributed by atoms with van der Waals surface area (Å²) in [6, 6.07) is 14.8. The highest BCUT2D eigenvalue weighted by Gasteiger charge is 2.21. The van der Waals surface area contributed by atoms with Gasteiger partial charge in [-0.05, 0) is 31.5 Å². The van der Waals surface area contributed by atoms with Crippen LogP contribution in [-0.2, 0) is 15.6 Å². The highest BCUT2D eigenvalue weighted by Crippen LogP contribution is 2.20. The van der Waals surface area contributed by atoms with Crippen molar-refractivity contribution in [3.05, 3.63) is 65.4 Å². The summed E-state index contributed by atoms with van der Waals surface area (Å²) in [5.74, 6) is -0.0669. The molecule has 1 aromatic heterocycles. The van der Waals surface area contributed by atoms with E-state index in [0.29, 0.717) is 16.7 Å². The minimum absolute atomic E-state index is 0.0627. The van der Waals surface area contributed by atoms with Gasteiger partial charge in [0.2, 0.25) is 9.84 Å². The molecular weight excluding hydrogens is 296 g/mol. The molecule has 0 aliphatic carbocycles. The van der Waals surface area contributed by atoms with E-state index < -0.39 is 9.84 Å². The molecule has 0 atom stereocenters. The summed E-state index contributed by atoms with van der Waals surface area (Å²) < 4.78 is 25.3. The van der Waals surface area contributed by atoms with Gasteiger partial charge < -0.3 is 0 Å². The Bertz CT molecular complexity index is 950. The monoisotopic (exact) mass is 312 g/mol. The van der Waals surface area contributed by atoms with Crippen LogP contribution in [0.25, 0.3) is 11.0 Å². The molecule has 0 unspecified atom stereocenters. The minimum Gasteiger partial charge on any atom is -0.248 e. The van der Waals surface area contributed by atoms with Gasteiger partial charge in [-0.25, -0.2) is 18.4 Å². The quantitative estimate of drug-likeness (QED) is 0.745. The normalized spacial score (nSPS) is 11.7. The molecule has 3 aromatic rings. The Morgan fingerprint density at radius 3 is 2.27 bits per heavy atom. The smallest absolute Gasteiger partial charge is 0.201 e. The third-order valence-corrected chi connectivity index (χ3v) is 5.12. The first kappa shape index (κ1) is 14.7. The van der Waals surface area contributed by atoms with Crippen molar-refractivity contribution >= 4 is 20.9 Å². The Kier molecular flexibility index (Phi) is 3.66. The van der Waals surface area contributed by atoms with Crippen molar-refractivity contribution in [3.8, 4) is 0 Å². The third-order valence-electron chi connectivity index (χ3n) is 3.44. The Labute approximate surface area is 129 Å². The third kappa shape index (κ3) is 2.85. The summed E-state index contributed by atoms with van der Waals surface area (Å²) in [7, 11) is -3.53. The summed E-state index contributed by atoms with van der Waals surface area (Å²) in [6.07, 6.45) is 0. The Balaban J connectivity index is 2.07. The molecule has 0 saturated carbocycles. The lowest BCUT2D eigenvalue weighted by atomic mass is 10.2. The van der Waals surface area contributed by atoms with E-state index in [4.69, 9.17) is 0 Å². The number of fused-ring (bicyclic) bond motifs is 1. The zero-order valence-electron chi connectivity index (χ0n) is 12.4. The van der Waals surface area contributed by atoms with Crippen LogP contribution in [0, 0.1) is 13.8 Å². The fraction of sp³-hybridized carbons (Fsp3) is 0.176. The van der Waals surface area contributed by atoms with Gasteiger partial charge in [-0.1, -0.05) is 42.0 Å². The molecule has 0 N–H and O–H groups in total. The van der Waals surface area contributed by atoms with Crippen LogP contribution in [0.3, 0.4) is 0 Å². The second-order valence-electron chi connectivity index (χ2n) is 5.35. The van der Waals surface area contributed by atoms with Crippen LogP contribution >= 0.6 is 0 Å². The molecule has 0 amide bonds. The van der Waals surface area contributed by atoms with Gasteiger partial charge in [0.15, 0.2) is 5.03 Å². The molecule has 5 heteroatoms. The topological polar surface area (TPSA) is 59.9 Å². The standard InChI is InChI=1S/C17H16N2O2S/c1-12-6-5-7-14(10-12)11-22(20,21)17-13(2)18-15-8-3-4-9-16(15)19-17/h3-10H,11H2,1-2H3. The second kappa shape index (κ2) is 5.50. The van der Waals surface area contributed by atoms with Crippen LogP contribution in [0.15, 0.2) is 53.6 Å². The van der Waals surface area contributed by atoms with Gasteiger partial charge in [0.25, 0.3) is 0 Å². The first-order valence-corrected chi connectivity index (χ1v) is 8.63. The molecule has 2 aromatic carbocycles. The average molecular weight is 312 g/mol. The number of benzene rings is 2. The SMILES string of the molecule is Cc1cccc(CS(=O)(=O)c2nc3ccccc3nc2C)c1. The predicted molar refractivity (Wildman–Crippen MR) is 86.3 cm³/mol. The molecule has 0 aliphatic heterocycles. The lowest BCUT2D eigenvalue weighted by Gasteiger charge is -2.08. The van der Waals surface area contributed by atoms with E-state index in [0.717, 1.165) is 11.1 Å². The number of para-hydroxylation sites is 2. The van der Waals surface area contributed by atoms with E-state index in [1.165, 1.54) is 0 Å². The Morgan fingerprint density at radius 1 is 0.909 bits per heavy atom. The fourth-order valence-corrected chi connectivity index (χ4v) is 3.94.